The monoisotopic (exact) mass is 441 g/mol. The van der Waals surface area contributed by atoms with Gasteiger partial charge in [0.2, 0.25) is 0 Å². The van der Waals surface area contributed by atoms with Crippen LogP contribution in [0.15, 0.2) is 12.1 Å². The van der Waals surface area contributed by atoms with Crippen LogP contribution in [0, 0.1) is 22.2 Å². The van der Waals surface area contributed by atoms with Gasteiger partial charge in [-0.2, -0.15) is 0 Å². The average Bonchev–Trinajstić information content (AvgIpc) is 3.09. The Balaban J connectivity index is 1.64. The number of piperidine rings is 1. The van der Waals surface area contributed by atoms with Gasteiger partial charge in [0.25, 0.3) is 0 Å². The maximum Gasteiger partial charge on any atom is 0.165 e. The number of benzene rings is 1. The van der Waals surface area contributed by atoms with Crippen LogP contribution in [0.4, 0.5) is 0 Å². The van der Waals surface area contributed by atoms with E-state index in [0.717, 1.165) is 43.7 Å². The molecule has 2 unspecified atom stereocenters. The van der Waals surface area contributed by atoms with E-state index in [2.05, 4.69) is 45.1 Å². The molecule has 4 fully saturated rings. The highest BCUT2D eigenvalue weighted by Gasteiger charge is 2.81. The van der Waals surface area contributed by atoms with E-state index < -0.39 is 5.60 Å². The van der Waals surface area contributed by atoms with Gasteiger partial charge >= 0.3 is 0 Å². The van der Waals surface area contributed by atoms with Gasteiger partial charge in [-0.3, -0.25) is 0 Å². The zero-order valence-corrected chi connectivity index (χ0v) is 20.5. The van der Waals surface area contributed by atoms with Gasteiger partial charge in [-0.05, 0) is 74.0 Å². The van der Waals surface area contributed by atoms with E-state index in [1.807, 2.05) is 7.11 Å². The maximum atomic E-state index is 12.2. The van der Waals surface area contributed by atoms with Crippen molar-refractivity contribution in [2.75, 3.05) is 27.4 Å². The minimum Gasteiger partial charge on any atom is -0.493 e. The Kier molecular flexibility index (Phi) is 4.13. The van der Waals surface area contributed by atoms with Crippen LogP contribution < -0.4 is 14.8 Å². The molecule has 7 atom stereocenters. The van der Waals surface area contributed by atoms with Crippen LogP contribution >= 0.6 is 0 Å². The molecule has 2 heterocycles. The summed E-state index contributed by atoms with van der Waals surface area (Å²) in [4.78, 5) is 0. The minimum atomic E-state index is -0.836. The van der Waals surface area contributed by atoms with Crippen molar-refractivity contribution in [3.8, 4) is 11.5 Å². The highest BCUT2D eigenvalue weighted by Crippen LogP contribution is 2.78. The number of rotatable bonds is 4. The molecule has 0 aromatic heterocycles. The number of aliphatic hydroxyl groups is 1. The van der Waals surface area contributed by atoms with Crippen molar-refractivity contribution in [2.24, 2.45) is 22.2 Å². The summed E-state index contributed by atoms with van der Waals surface area (Å²) in [6, 6.07) is 4.78. The molecular weight excluding hydrogens is 402 g/mol. The Morgan fingerprint density at radius 3 is 2.62 bits per heavy atom. The van der Waals surface area contributed by atoms with Crippen molar-refractivity contribution in [1.29, 1.82) is 0 Å². The summed E-state index contributed by atoms with van der Waals surface area (Å²) in [6.07, 6.45) is 5.34. The summed E-state index contributed by atoms with van der Waals surface area (Å²) < 4.78 is 18.9. The molecule has 1 saturated heterocycles. The Hall–Kier alpha value is -1.30. The third kappa shape index (κ3) is 2.09. The van der Waals surface area contributed by atoms with Gasteiger partial charge in [-0.25, -0.2) is 0 Å². The van der Waals surface area contributed by atoms with E-state index in [1.54, 1.807) is 7.11 Å². The summed E-state index contributed by atoms with van der Waals surface area (Å²) >= 11 is 0. The number of methoxy groups -OCH3 is 2. The third-order valence-corrected chi connectivity index (χ3v) is 10.9. The number of nitrogens with one attached hydrogen (secondary N) is 1. The first-order chi connectivity index (χ1) is 15.1. The van der Waals surface area contributed by atoms with Crippen molar-refractivity contribution in [3.63, 3.8) is 0 Å². The number of ether oxygens (including phenoxy) is 3. The van der Waals surface area contributed by atoms with E-state index in [9.17, 15) is 5.11 Å². The first-order valence-corrected chi connectivity index (χ1v) is 12.4. The molecule has 0 amide bonds. The molecule has 3 saturated carbocycles. The minimum absolute atomic E-state index is 0.00576. The van der Waals surface area contributed by atoms with Gasteiger partial charge in [0, 0.05) is 29.5 Å². The fourth-order valence-electron chi connectivity index (χ4n) is 9.08. The lowest BCUT2D eigenvalue weighted by Gasteiger charge is -2.75. The zero-order valence-electron chi connectivity index (χ0n) is 20.5. The molecule has 2 N–H and O–H groups in total. The number of hydrogen-bond acceptors (Lipinski definition) is 5. The fraction of sp³-hybridized carbons (Fsp3) is 0.778. The molecule has 1 aromatic rings. The van der Waals surface area contributed by atoms with Gasteiger partial charge in [-0.15, -0.1) is 0 Å². The van der Waals surface area contributed by atoms with Crippen LogP contribution in [0.5, 0.6) is 11.5 Å². The van der Waals surface area contributed by atoms with Gasteiger partial charge in [0.15, 0.2) is 11.5 Å². The topological polar surface area (TPSA) is 60.0 Å². The van der Waals surface area contributed by atoms with Crippen molar-refractivity contribution in [1.82, 2.24) is 5.32 Å². The predicted octanol–water partition coefficient (Wildman–Crippen LogP) is 3.84. The lowest BCUT2D eigenvalue weighted by molar-refractivity contribution is -0.279. The van der Waals surface area contributed by atoms with E-state index in [1.165, 1.54) is 17.5 Å². The van der Waals surface area contributed by atoms with Gasteiger partial charge in [-0.1, -0.05) is 26.8 Å². The Morgan fingerprint density at radius 1 is 1.16 bits per heavy atom. The molecular formula is C27H39NO4. The molecule has 4 bridgehead atoms. The van der Waals surface area contributed by atoms with Crippen LogP contribution in [-0.2, 0) is 16.6 Å². The van der Waals surface area contributed by atoms with Crippen molar-refractivity contribution >= 4 is 0 Å². The van der Waals surface area contributed by atoms with Crippen LogP contribution in [-0.4, -0.2) is 50.2 Å². The standard InChI is InChI=1S/C27H39NO4/c1-23(2,3)24(4,29)18-14-26-10-9-25(18,15-30-5)22-27(26)11-12-28-19(26)13-16-7-8-17(31-6)21(32-22)20(16)27/h7-8,18-19,22,28-29H,9-15H2,1-6H3/t18-,19-,22+,24?,25+,26?,27+/m1/s1. The van der Waals surface area contributed by atoms with Crippen molar-refractivity contribution < 1.29 is 19.3 Å². The number of hydrogen-bond donors (Lipinski definition) is 2. The zero-order chi connectivity index (χ0) is 22.7. The summed E-state index contributed by atoms with van der Waals surface area (Å²) in [6.45, 7) is 10.2. The SMILES string of the molecule is COC[C@@]12CCC3(C[C@@H]1C(C)(O)C(C)(C)C)[C@H]1Cc4ccc(OC)c5c4[C@@]3(CCN1)[C@H]2O5. The summed E-state index contributed by atoms with van der Waals surface area (Å²) in [5.74, 6) is 1.93. The quantitative estimate of drug-likeness (QED) is 0.743. The molecule has 176 valence electrons. The molecule has 5 heteroatoms. The second-order valence-corrected chi connectivity index (χ2v) is 12.5. The third-order valence-electron chi connectivity index (χ3n) is 10.9. The van der Waals surface area contributed by atoms with E-state index in [0.29, 0.717) is 12.6 Å². The smallest absolute Gasteiger partial charge is 0.165 e. The summed E-state index contributed by atoms with van der Waals surface area (Å²) in [7, 11) is 3.56. The molecule has 6 aliphatic rings. The Bertz CT molecular complexity index is 967. The first kappa shape index (κ1) is 21.2. The largest absolute Gasteiger partial charge is 0.493 e. The second-order valence-electron chi connectivity index (χ2n) is 12.5. The van der Waals surface area contributed by atoms with Crippen LogP contribution in [0.1, 0.15) is 64.5 Å². The Morgan fingerprint density at radius 2 is 1.94 bits per heavy atom. The molecule has 2 spiro atoms. The molecule has 32 heavy (non-hydrogen) atoms. The fourth-order valence-corrected chi connectivity index (χ4v) is 9.08. The first-order valence-electron chi connectivity index (χ1n) is 12.4. The van der Waals surface area contributed by atoms with Gasteiger partial charge < -0.3 is 24.6 Å². The lowest BCUT2D eigenvalue weighted by Crippen LogP contribution is -2.81. The van der Waals surface area contributed by atoms with E-state index in [4.69, 9.17) is 14.2 Å². The van der Waals surface area contributed by atoms with E-state index in [-0.39, 0.29) is 33.7 Å². The predicted molar refractivity (Wildman–Crippen MR) is 123 cm³/mol. The van der Waals surface area contributed by atoms with Crippen LogP contribution in [0.3, 0.4) is 0 Å². The molecule has 1 aromatic carbocycles. The molecule has 2 aliphatic heterocycles. The summed E-state index contributed by atoms with van der Waals surface area (Å²) in [5, 5.41) is 16.1. The molecule has 7 rings (SSSR count). The second kappa shape index (κ2) is 6.22. The Labute approximate surface area is 192 Å². The van der Waals surface area contributed by atoms with Crippen LogP contribution in [0.25, 0.3) is 0 Å². The number of fused-ring (bicyclic) bond motifs is 2. The molecule has 0 radical (unpaired) electrons. The average molecular weight is 442 g/mol. The molecule has 4 aliphatic carbocycles. The highest BCUT2D eigenvalue weighted by atomic mass is 16.5. The van der Waals surface area contributed by atoms with Gasteiger partial charge in [0.05, 0.1) is 19.3 Å². The molecule has 5 nitrogen and oxygen atoms in total. The maximum absolute atomic E-state index is 12.2. The highest BCUT2D eigenvalue weighted by molar-refractivity contribution is 5.63. The van der Waals surface area contributed by atoms with Crippen molar-refractivity contribution in [2.45, 2.75) is 83.0 Å². The van der Waals surface area contributed by atoms with Gasteiger partial charge in [0.1, 0.15) is 6.10 Å². The summed E-state index contributed by atoms with van der Waals surface area (Å²) in [5.41, 5.74) is 1.60. The normalized spacial score (nSPS) is 42.8. The van der Waals surface area contributed by atoms with Crippen LogP contribution in [0.2, 0.25) is 0 Å². The van der Waals surface area contributed by atoms with E-state index >= 15 is 0 Å². The lowest BCUT2D eigenvalue weighted by atomic mass is 9.31. The van der Waals surface area contributed by atoms with Crippen molar-refractivity contribution in [3.05, 3.63) is 23.3 Å².